The molecule has 1 atom stereocenters. The maximum Gasteiger partial charge on any atom is 0.225 e. The number of hydrogen-bond donors (Lipinski definition) is 2. The molecule has 2 N–H and O–H groups in total. The first-order valence-electron chi connectivity index (χ1n) is 10.2. The Morgan fingerprint density at radius 2 is 2.03 bits per heavy atom. The lowest BCUT2D eigenvalue weighted by Gasteiger charge is -2.26. The number of methoxy groups -OCH3 is 1. The van der Waals surface area contributed by atoms with Gasteiger partial charge in [-0.3, -0.25) is 9.79 Å². The molecule has 1 aliphatic heterocycles. The standard InChI is InChI=1S/C21H31FN4O2.HI/c1-23-21(24-13-15-8-9-19(28-2)18(22)12-15)25-17-10-11-26(14-17)20(27)16-6-4-3-5-7-16;/h8-9,12,16-17H,3-7,10-11,13-14H2,1-2H3,(H2,23,24,25);1H. The summed E-state index contributed by atoms with van der Waals surface area (Å²) in [4.78, 5) is 19.0. The fraction of sp³-hybridized carbons (Fsp3) is 0.619. The van der Waals surface area contributed by atoms with Gasteiger partial charge in [0.05, 0.1) is 7.11 Å². The number of ether oxygens (including phenoxy) is 1. The van der Waals surface area contributed by atoms with Gasteiger partial charge in [0.1, 0.15) is 0 Å². The zero-order chi connectivity index (χ0) is 19.9. The molecule has 3 rings (SSSR count). The predicted octanol–water partition coefficient (Wildman–Crippen LogP) is 3.30. The summed E-state index contributed by atoms with van der Waals surface area (Å²) in [6, 6.07) is 5.09. The van der Waals surface area contributed by atoms with Crippen molar-refractivity contribution >= 4 is 35.8 Å². The van der Waals surface area contributed by atoms with Gasteiger partial charge in [-0.15, -0.1) is 24.0 Å². The molecule has 0 aromatic heterocycles. The van der Waals surface area contributed by atoms with E-state index in [9.17, 15) is 9.18 Å². The van der Waals surface area contributed by atoms with Crippen LogP contribution in [0.4, 0.5) is 4.39 Å². The van der Waals surface area contributed by atoms with Crippen molar-refractivity contribution in [3.8, 4) is 5.75 Å². The van der Waals surface area contributed by atoms with Gasteiger partial charge in [0.25, 0.3) is 0 Å². The fourth-order valence-corrected chi connectivity index (χ4v) is 4.08. The fourth-order valence-electron chi connectivity index (χ4n) is 4.08. The first kappa shape index (κ1) is 23.7. The van der Waals surface area contributed by atoms with Crippen molar-refractivity contribution in [1.82, 2.24) is 15.5 Å². The third kappa shape index (κ3) is 6.45. The third-order valence-electron chi connectivity index (χ3n) is 5.69. The summed E-state index contributed by atoms with van der Waals surface area (Å²) in [6.45, 7) is 1.97. The van der Waals surface area contributed by atoms with E-state index in [0.717, 1.165) is 31.4 Å². The second-order valence-corrected chi connectivity index (χ2v) is 7.64. The first-order valence-corrected chi connectivity index (χ1v) is 10.2. The highest BCUT2D eigenvalue weighted by Crippen LogP contribution is 2.26. The minimum atomic E-state index is -0.377. The molecule has 1 unspecified atom stereocenters. The van der Waals surface area contributed by atoms with Crippen molar-refractivity contribution in [3.63, 3.8) is 0 Å². The summed E-state index contributed by atoms with van der Waals surface area (Å²) in [5, 5.41) is 6.60. The first-order chi connectivity index (χ1) is 13.6. The van der Waals surface area contributed by atoms with E-state index in [1.807, 2.05) is 11.0 Å². The van der Waals surface area contributed by atoms with E-state index in [4.69, 9.17) is 4.74 Å². The molecule has 0 spiro atoms. The number of rotatable bonds is 5. The molecule has 8 heteroatoms. The molecule has 162 valence electrons. The van der Waals surface area contributed by atoms with Crippen molar-refractivity contribution in [2.24, 2.45) is 10.9 Å². The molecule has 0 bridgehead atoms. The quantitative estimate of drug-likeness (QED) is 0.357. The van der Waals surface area contributed by atoms with Gasteiger partial charge < -0.3 is 20.3 Å². The number of nitrogens with zero attached hydrogens (tertiary/aromatic N) is 2. The van der Waals surface area contributed by atoms with Crippen LogP contribution >= 0.6 is 24.0 Å². The largest absolute Gasteiger partial charge is 0.494 e. The van der Waals surface area contributed by atoms with Gasteiger partial charge in [0, 0.05) is 38.6 Å². The van der Waals surface area contributed by atoms with Crippen LogP contribution in [0.15, 0.2) is 23.2 Å². The van der Waals surface area contributed by atoms with Crippen molar-refractivity contribution in [2.45, 2.75) is 51.1 Å². The highest BCUT2D eigenvalue weighted by Gasteiger charge is 2.31. The van der Waals surface area contributed by atoms with Crippen LogP contribution in [0.2, 0.25) is 0 Å². The Balaban J connectivity index is 0.00000300. The molecule has 1 saturated carbocycles. The van der Waals surface area contributed by atoms with Crippen LogP contribution in [0.5, 0.6) is 5.75 Å². The van der Waals surface area contributed by atoms with E-state index in [-0.39, 0.29) is 47.5 Å². The summed E-state index contributed by atoms with van der Waals surface area (Å²) < 4.78 is 18.8. The summed E-state index contributed by atoms with van der Waals surface area (Å²) in [7, 11) is 3.16. The van der Waals surface area contributed by atoms with E-state index in [1.54, 1.807) is 13.1 Å². The minimum absolute atomic E-state index is 0. The number of hydrogen-bond acceptors (Lipinski definition) is 3. The van der Waals surface area contributed by atoms with Crippen molar-refractivity contribution in [3.05, 3.63) is 29.6 Å². The van der Waals surface area contributed by atoms with Crippen LogP contribution in [-0.2, 0) is 11.3 Å². The van der Waals surface area contributed by atoms with E-state index in [0.29, 0.717) is 25.0 Å². The Kier molecular flexibility index (Phi) is 9.45. The molecular formula is C21H32FIN4O2. The number of aliphatic imine (C=N–C) groups is 1. The van der Waals surface area contributed by atoms with E-state index >= 15 is 0 Å². The number of carbonyl (C=O) groups excluding carboxylic acids is 1. The summed E-state index contributed by atoms with van der Waals surface area (Å²) in [5.74, 6) is 1.06. The molecule has 0 radical (unpaired) electrons. The second-order valence-electron chi connectivity index (χ2n) is 7.64. The lowest BCUT2D eigenvalue weighted by Crippen LogP contribution is -2.45. The number of halogens is 2. The molecule has 2 fully saturated rings. The van der Waals surface area contributed by atoms with E-state index < -0.39 is 0 Å². The van der Waals surface area contributed by atoms with Crippen LogP contribution in [0.1, 0.15) is 44.1 Å². The van der Waals surface area contributed by atoms with Crippen LogP contribution in [0.3, 0.4) is 0 Å². The van der Waals surface area contributed by atoms with Gasteiger partial charge in [-0.2, -0.15) is 0 Å². The molecule has 1 aromatic rings. The summed E-state index contributed by atoms with van der Waals surface area (Å²) >= 11 is 0. The maximum absolute atomic E-state index is 13.8. The molecular weight excluding hydrogens is 486 g/mol. The topological polar surface area (TPSA) is 66.0 Å². The van der Waals surface area contributed by atoms with Crippen LogP contribution in [0.25, 0.3) is 0 Å². The van der Waals surface area contributed by atoms with Crippen molar-refractivity contribution < 1.29 is 13.9 Å². The van der Waals surface area contributed by atoms with Gasteiger partial charge in [0.2, 0.25) is 5.91 Å². The van der Waals surface area contributed by atoms with E-state index in [1.165, 1.54) is 32.4 Å². The highest BCUT2D eigenvalue weighted by molar-refractivity contribution is 14.0. The van der Waals surface area contributed by atoms with Crippen molar-refractivity contribution in [1.29, 1.82) is 0 Å². The zero-order valence-electron chi connectivity index (χ0n) is 17.2. The number of nitrogens with one attached hydrogen (secondary N) is 2. The summed E-state index contributed by atoms with van der Waals surface area (Å²) in [6.07, 6.45) is 6.59. The average molecular weight is 518 g/mol. The van der Waals surface area contributed by atoms with Gasteiger partial charge in [-0.05, 0) is 37.0 Å². The molecule has 1 heterocycles. The Bertz CT molecular complexity index is 710. The Hall–Kier alpha value is -1.58. The molecule has 2 aliphatic rings. The third-order valence-corrected chi connectivity index (χ3v) is 5.69. The normalized spacial score (nSPS) is 20.2. The monoisotopic (exact) mass is 518 g/mol. The van der Waals surface area contributed by atoms with Crippen LogP contribution in [0, 0.1) is 11.7 Å². The number of carbonyl (C=O) groups is 1. The highest BCUT2D eigenvalue weighted by atomic mass is 127. The minimum Gasteiger partial charge on any atom is -0.494 e. The molecule has 1 aromatic carbocycles. The van der Waals surface area contributed by atoms with Gasteiger partial charge in [0.15, 0.2) is 17.5 Å². The predicted molar refractivity (Wildman–Crippen MR) is 123 cm³/mol. The Labute approximate surface area is 189 Å². The van der Waals surface area contributed by atoms with Crippen LogP contribution in [-0.4, -0.2) is 50.1 Å². The van der Waals surface area contributed by atoms with E-state index in [2.05, 4.69) is 15.6 Å². The number of guanidine groups is 1. The average Bonchev–Trinajstić information content (AvgIpc) is 3.19. The van der Waals surface area contributed by atoms with Gasteiger partial charge in [-0.1, -0.05) is 25.3 Å². The SMILES string of the molecule is CN=C(NCc1ccc(OC)c(F)c1)NC1CCN(C(=O)C2CCCCC2)C1.I. The Morgan fingerprint density at radius 3 is 2.69 bits per heavy atom. The Morgan fingerprint density at radius 1 is 1.28 bits per heavy atom. The molecule has 6 nitrogen and oxygen atoms in total. The van der Waals surface area contributed by atoms with Crippen LogP contribution < -0.4 is 15.4 Å². The molecule has 1 saturated heterocycles. The lowest BCUT2D eigenvalue weighted by atomic mass is 9.88. The van der Waals surface area contributed by atoms with Gasteiger partial charge in [-0.25, -0.2) is 4.39 Å². The second kappa shape index (κ2) is 11.6. The molecule has 1 aliphatic carbocycles. The molecule has 1 amide bonds. The zero-order valence-corrected chi connectivity index (χ0v) is 19.6. The molecule has 29 heavy (non-hydrogen) atoms. The van der Waals surface area contributed by atoms with Gasteiger partial charge >= 0.3 is 0 Å². The number of benzene rings is 1. The van der Waals surface area contributed by atoms with Crippen molar-refractivity contribution in [2.75, 3.05) is 27.2 Å². The summed E-state index contributed by atoms with van der Waals surface area (Å²) in [5.41, 5.74) is 0.807. The maximum atomic E-state index is 13.8. The number of amides is 1. The smallest absolute Gasteiger partial charge is 0.225 e. The lowest BCUT2D eigenvalue weighted by molar-refractivity contribution is -0.135. The number of likely N-dealkylation sites (tertiary alicyclic amines) is 1.